The standard InChI is InChI=1S/C23H21N3O4/c1-3-15-5-4-6-18-19(12-24-21(15)18)20(27)13-30-22(28)16-7-9-17(10-8-16)26-14(2)11-25-23(26)29/h4-12,24H,3,13H2,1-2H3,(H,25,29). The van der Waals surface area contributed by atoms with Crippen molar-refractivity contribution in [2.75, 3.05) is 6.61 Å². The van der Waals surface area contributed by atoms with Crippen molar-refractivity contribution in [3.05, 3.63) is 87.7 Å². The van der Waals surface area contributed by atoms with E-state index in [1.807, 2.05) is 18.2 Å². The number of nitrogens with zero attached hydrogens (tertiary/aromatic N) is 1. The van der Waals surface area contributed by atoms with E-state index in [1.54, 1.807) is 43.6 Å². The molecule has 30 heavy (non-hydrogen) atoms. The summed E-state index contributed by atoms with van der Waals surface area (Å²) < 4.78 is 6.72. The number of benzene rings is 2. The van der Waals surface area contributed by atoms with Crippen molar-refractivity contribution in [2.24, 2.45) is 0 Å². The molecular formula is C23H21N3O4. The number of ether oxygens (including phenoxy) is 1. The molecule has 4 rings (SSSR count). The van der Waals surface area contributed by atoms with Crippen molar-refractivity contribution < 1.29 is 14.3 Å². The summed E-state index contributed by atoms with van der Waals surface area (Å²) in [4.78, 5) is 42.6. The number of nitrogens with one attached hydrogen (secondary N) is 2. The fraction of sp³-hybridized carbons (Fsp3) is 0.174. The van der Waals surface area contributed by atoms with Gasteiger partial charge in [0.25, 0.3) is 0 Å². The number of carbonyl (C=O) groups is 2. The Morgan fingerprint density at radius 3 is 2.47 bits per heavy atom. The van der Waals surface area contributed by atoms with Gasteiger partial charge < -0.3 is 14.7 Å². The number of H-pyrrole nitrogens is 2. The van der Waals surface area contributed by atoms with E-state index < -0.39 is 5.97 Å². The van der Waals surface area contributed by atoms with Crippen molar-refractivity contribution in [1.82, 2.24) is 14.5 Å². The summed E-state index contributed by atoms with van der Waals surface area (Å²) >= 11 is 0. The fourth-order valence-corrected chi connectivity index (χ4v) is 3.56. The first-order chi connectivity index (χ1) is 14.5. The summed E-state index contributed by atoms with van der Waals surface area (Å²) in [6.07, 6.45) is 4.13. The van der Waals surface area contributed by atoms with E-state index in [2.05, 4.69) is 16.9 Å². The number of aromatic amines is 2. The van der Waals surface area contributed by atoms with E-state index in [-0.39, 0.29) is 18.1 Å². The number of rotatable bonds is 6. The molecule has 0 aliphatic heterocycles. The van der Waals surface area contributed by atoms with Crippen LogP contribution >= 0.6 is 0 Å². The lowest BCUT2D eigenvalue weighted by Gasteiger charge is -2.07. The zero-order chi connectivity index (χ0) is 21.3. The Kier molecular flexibility index (Phi) is 5.10. The van der Waals surface area contributed by atoms with Crippen LogP contribution in [0.25, 0.3) is 16.6 Å². The Hall–Kier alpha value is -3.87. The smallest absolute Gasteiger partial charge is 0.338 e. The zero-order valence-electron chi connectivity index (χ0n) is 16.7. The maximum absolute atomic E-state index is 12.6. The van der Waals surface area contributed by atoms with Gasteiger partial charge in [-0.1, -0.05) is 25.1 Å². The molecule has 7 heteroatoms. The molecule has 0 aliphatic carbocycles. The molecule has 4 aromatic rings. The minimum absolute atomic E-state index is 0.251. The Morgan fingerprint density at radius 1 is 1.03 bits per heavy atom. The third-order valence-electron chi connectivity index (χ3n) is 5.14. The van der Waals surface area contributed by atoms with Crippen LogP contribution in [0.1, 0.15) is 38.9 Å². The molecule has 0 radical (unpaired) electrons. The van der Waals surface area contributed by atoms with Gasteiger partial charge in [-0.3, -0.25) is 9.36 Å². The van der Waals surface area contributed by atoms with E-state index in [1.165, 1.54) is 4.57 Å². The number of hydrogen-bond acceptors (Lipinski definition) is 4. The second kappa shape index (κ2) is 7.87. The number of para-hydroxylation sites is 1. The van der Waals surface area contributed by atoms with Gasteiger partial charge in [-0.25, -0.2) is 9.59 Å². The van der Waals surface area contributed by atoms with Gasteiger partial charge in [0, 0.05) is 34.6 Å². The second-order valence-corrected chi connectivity index (χ2v) is 7.01. The lowest BCUT2D eigenvalue weighted by atomic mass is 10.1. The Bertz CT molecular complexity index is 1290. The molecule has 0 spiro atoms. The van der Waals surface area contributed by atoms with E-state index in [0.717, 1.165) is 28.6 Å². The van der Waals surface area contributed by atoms with Crippen LogP contribution in [0, 0.1) is 6.92 Å². The lowest BCUT2D eigenvalue weighted by molar-refractivity contribution is 0.0475. The molecule has 152 valence electrons. The van der Waals surface area contributed by atoms with Gasteiger partial charge >= 0.3 is 11.7 Å². The van der Waals surface area contributed by atoms with Gasteiger partial charge in [-0.05, 0) is 43.2 Å². The van der Waals surface area contributed by atoms with Gasteiger partial charge in [-0.2, -0.15) is 0 Å². The molecule has 0 atom stereocenters. The largest absolute Gasteiger partial charge is 0.454 e. The highest BCUT2D eigenvalue weighted by Crippen LogP contribution is 2.22. The van der Waals surface area contributed by atoms with Gasteiger partial charge in [-0.15, -0.1) is 0 Å². The highest BCUT2D eigenvalue weighted by atomic mass is 16.5. The van der Waals surface area contributed by atoms with Crippen LogP contribution in [0.15, 0.2) is 59.7 Å². The van der Waals surface area contributed by atoms with Crippen molar-refractivity contribution in [2.45, 2.75) is 20.3 Å². The Morgan fingerprint density at radius 2 is 1.80 bits per heavy atom. The average Bonchev–Trinajstić information content (AvgIpc) is 3.34. The topological polar surface area (TPSA) is 96.9 Å². The first kappa shape index (κ1) is 19.4. The molecule has 2 aromatic carbocycles. The summed E-state index contributed by atoms with van der Waals surface area (Å²) in [6.45, 7) is 3.51. The van der Waals surface area contributed by atoms with Crippen molar-refractivity contribution in [1.29, 1.82) is 0 Å². The molecule has 0 saturated carbocycles. The minimum Gasteiger partial charge on any atom is -0.454 e. The third kappa shape index (κ3) is 3.45. The van der Waals surface area contributed by atoms with Crippen LogP contribution in [0.4, 0.5) is 0 Å². The molecular weight excluding hydrogens is 382 g/mol. The molecule has 0 unspecified atom stereocenters. The van der Waals surface area contributed by atoms with Gasteiger partial charge in [0.15, 0.2) is 6.61 Å². The molecule has 0 aliphatic rings. The Balaban J connectivity index is 1.46. The normalized spacial score (nSPS) is 11.0. The molecule has 7 nitrogen and oxygen atoms in total. The first-order valence-electron chi connectivity index (χ1n) is 9.66. The monoisotopic (exact) mass is 403 g/mol. The zero-order valence-corrected chi connectivity index (χ0v) is 16.7. The summed E-state index contributed by atoms with van der Waals surface area (Å²) in [5.74, 6) is -0.865. The molecule has 0 amide bonds. The van der Waals surface area contributed by atoms with Crippen LogP contribution in [0.3, 0.4) is 0 Å². The highest BCUT2D eigenvalue weighted by Gasteiger charge is 2.16. The van der Waals surface area contributed by atoms with Crippen LogP contribution in [0.2, 0.25) is 0 Å². The number of imidazole rings is 1. The van der Waals surface area contributed by atoms with Crippen molar-refractivity contribution >= 4 is 22.7 Å². The summed E-state index contributed by atoms with van der Waals surface area (Å²) in [6, 6.07) is 12.3. The van der Waals surface area contributed by atoms with E-state index in [4.69, 9.17) is 4.74 Å². The molecule has 0 bridgehead atoms. The third-order valence-corrected chi connectivity index (χ3v) is 5.14. The van der Waals surface area contributed by atoms with Gasteiger partial charge in [0.1, 0.15) is 0 Å². The maximum atomic E-state index is 12.6. The van der Waals surface area contributed by atoms with Crippen LogP contribution in [0.5, 0.6) is 0 Å². The van der Waals surface area contributed by atoms with E-state index in [0.29, 0.717) is 16.8 Å². The minimum atomic E-state index is -0.595. The Labute approximate surface area is 172 Å². The number of aryl methyl sites for hydroxylation is 2. The average molecular weight is 403 g/mol. The molecule has 0 saturated heterocycles. The molecule has 2 heterocycles. The quantitative estimate of drug-likeness (QED) is 0.380. The summed E-state index contributed by atoms with van der Waals surface area (Å²) in [5, 5.41) is 0.826. The summed E-state index contributed by atoms with van der Waals surface area (Å²) in [7, 11) is 0. The molecule has 2 N–H and O–H groups in total. The molecule has 0 fully saturated rings. The predicted octanol–water partition coefficient (Wildman–Crippen LogP) is 3.56. The number of ketones is 1. The number of hydrogen-bond donors (Lipinski definition) is 2. The van der Waals surface area contributed by atoms with Crippen molar-refractivity contribution in [3.63, 3.8) is 0 Å². The number of aromatic nitrogens is 3. The number of esters is 1. The SMILES string of the molecule is CCc1cccc2c(C(=O)COC(=O)c3ccc(-n4c(C)c[nH]c4=O)cc3)c[nH]c12. The van der Waals surface area contributed by atoms with Gasteiger partial charge in [0.2, 0.25) is 5.78 Å². The first-order valence-corrected chi connectivity index (χ1v) is 9.66. The van der Waals surface area contributed by atoms with Crippen LogP contribution < -0.4 is 5.69 Å². The second-order valence-electron chi connectivity index (χ2n) is 7.01. The highest BCUT2D eigenvalue weighted by molar-refractivity contribution is 6.09. The number of fused-ring (bicyclic) bond motifs is 1. The number of Topliss-reactive ketones (excluding diaryl/α,β-unsaturated/α-hetero) is 1. The van der Waals surface area contributed by atoms with E-state index in [9.17, 15) is 14.4 Å². The summed E-state index contributed by atoms with van der Waals surface area (Å²) in [5.41, 5.74) is 4.01. The predicted molar refractivity (Wildman–Crippen MR) is 113 cm³/mol. The van der Waals surface area contributed by atoms with Gasteiger partial charge in [0.05, 0.1) is 11.3 Å². The lowest BCUT2D eigenvalue weighted by Crippen LogP contribution is -2.16. The molecule has 2 aromatic heterocycles. The van der Waals surface area contributed by atoms with Crippen molar-refractivity contribution in [3.8, 4) is 5.69 Å². The maximum Gasteiger partial charge on any atom is 0.338 e. The van der Waals surface area contributed by atoms with Crippen LogP contribution in [-0.2, 0) is 11.2 Å². The van der Waals surface area contributed by atoms with E-state index >= 15 is 0 Å². The van der Waals surface area contributed by atoms with Crippen LogP contribution in [-0.4, -0.2) is 32.9 Å². The fourth-order valence-electron chi connectivity index (χ4n) is 3.56. The number of carbonyl (C=O) groups excluding carboxylic acids is 2.